The van der Waals surface area contributed by atoms with Gasteiger partial charge in [-0.05, 0) is 46.9 Å². The van der Waals surface area contributed by atoms with Crippen molar-refractivity contribution in [3.8, 4) is 11.1 Å². The molecule has 2 nitrogen and oxygen atoms in total. The first-order valence-electron chi connectivity index (χ1n) is 5.63. The van der Waals surface area contributed by atoms with Gasteiger partial charge in [-0.15, -0.1) is 0 Å². The van der Waals surface area contributed by atoms with E-state index in [9.17, 15) is 4.79 Å². The van der Waals surface area contributed by atoms with E-state index < -0.39 is 0 Å². The number of hydrogen-bond acceptors (Lipinski definition) is 2. The Labute approximate surface area is 131 Å². The maximum atomic E-state index is 12.1. The van der Waals surface area contributed by atoms with Crippen LogP contribution < -0.4 is 5.63 Å². The minimum absolute atomic E-state index is 0.319. The van der Waals surface area contributed by atoms with Crippen molar-refractivity contribution < 1.29 is 4.42 Å². The first-order valence-corrected chi connectivity index (χ1v) is 7.50. The summed E-state index contributed by atoms with van der Waals surface area (Å²) in [5.74, 6) is 0. The highest BCUT2D eigenvalue weighted by Crippen LogP contribution is 2.29. The van der Waals surface area contributed by atoms with E-state index in [0.717, 1.165) is 19.0 Å². The molecule has 19 heavy (non-hydrogen) atoms. The average Bonchev–Trinajstić information content (AvgIpc) is 2.38. The molecule has 4 heteroatoms. The Morgan fingerprint density at radius 2 is 1.79 bits per heavy atom. The van der Waals surface area contributed by atoms with Crippen molar-refractivity contribution >= 4 is 49.5 Å². The van der Waals surface area contributed by atoms with E-state index in [1.54, 1.807) is 6.07 Å². The summed E-state index contributed by atoms with van der Waals surface area (Å²) in [6.07, 6.45) is 0. The summed E-state index contributed by atoms with van der Waals surface area (Å²) in [6.45, 7) is 0. The number of hydrogen-bond donors (Lipinski definition) is 0. The van der Waals surface area contributed by atoms with Gasteiger partial charge in [0.25, 0.3) is 0 Å². The van der Waals surface area contributed by atoms with Crippen LogP contribution in [0.15, 0.2) is 62.2 Å². The second-order valence-electron chi connectivity index (χ2n) is 4.11. The molecule has 0 bridgehead atoms. The second-order valence-corrected chi connectivity index (χ2v) is 6.21. The second kappa shape index (κ2) is 5.09. The first kappa shape index (κ1) is 12.9. The van der Waals surface area contributed by atoms with Gasteiger partial charge in [0, 0.05) is 19.0 Å². The average molecular weight is 427 g/mol. The van der Waals surface area contributed by atoms with Crippen molar-refractivity contribution in [3.63, 3.8) is 0 Å². The fourth-order valence-electron chi connectivity index (χ4n) is 1.96. The van der Waals surface area contributed by atoms with Crippen LogP contribution in [0.5, 0.6) is 0 Å². The Balaban J connectivity index is 2.30. The van der Waals surface area contributed by atoms with Gasteiger partial charge in [-0.3, -0.25) is 0 Å². The largest absolute Gasteiger partial charge is 0.422 e. The predicted octanol–water partition coefficient (Wildman–Crippen LogP) is 4.83. The summed E-state index contributed by atoms with van der Waals surface area (Å²) in [7, 11) is 0. The number of rotatable bonds is 1. The maximum absolute atomic E-state index is 12.1. The first-order chi connectivity index (χ1) is 9.15. The smallest absolute Gasteiger partial charge is 0.344 e. The van der Waals surface area contributed by atoms with E-state index in [1.165, 1.54) is 0 Å². The van der Waals surface area contributed by atoms with Gasteiger partial charge in [0.2, 0.25) is 0 Å². The Morgan fingerprint density at radius 1 is 1.00 bits per heavy atom. The molecule has 0 unspecified atom stereocenters. The van der Waals surface area contributed by atoms with E-state index in [0.29, 0.717) is 11.1 Å². The summed E-state index contributed by atoms with van der Waals surface area (Å²) in [5.41, 5.74) is 1.71. The van der Waals surface area contributed by atoms with Crippen LogP contribution >= 0.6 is 38.5 Å². The number of para-hydroxylation sites is 1. The Morgan fingerprint density at radius 3 is 2.58 bits per heavy atom. The van der Waals surface area contributed by atoms with Gasteiger partial charge in [0.05, 0.1) is 5.56 Å². The summed E-state index contributed by atoms with van der Waals surface area (Å²) in [4.78, 5) is 12.1. The van der Waals surface area contributed by atoms with Crippen LogP contribution in [-0.2, 0) is 0 Å². The van der Waals surface area contributed by atoms with E-state index in [4.69, 9.17) is 4.42 Å². The molecule has 0 saturated carbocycles. The van der Waals surface area contributed by atoms with Gasteiger partial charge in [0.15, 0.2) is 0 Å². The fourth-order valence-corrected chi connectivity index (χ4v) is 3.47. The normalized spacial score (nSPS) is 10.8. The molecule has 1 heterocycles. The zero-order valence-corrected chi connectivity index (χ0v) is 13.4. The number of benzene rings is 2. The molecule has 2 aromatic carbocycles. The van der Waals surface area contributed by atoms with Crippen molar-refractivity contribution in [1.82, 2.24) is 0 Å². The van der Waals surface area contributed by atoms with E-state index in [-0.39, 0.29) is 5.63 Å². The topological polar surface area (TPSA) is 30.2 Å². The van der Waals surface area contributed by atoms with Crippen molar-refractivity contribution in [2.24, 2.45) is 0 Å². The fraction of sp³-hybridized carbons (Fsp3) is 0. The lowest BCUT2D eigenvalue weighted by molar-refractivity contribution is 0.563. The number of halogens is 2. The molecule has 94 valence electrons. The molecule has 3 rings (SSSR count). The molecule has 0 aliphatic rings. The molecule has 0 atom stereocenters. The Bertz CT molecular complexity index is 824. The summed E-state index contributed by atoms with van der Waals surface area (Å²) in [5, 5.41) is 0.919. The lowest BCUT2D eigenvalue weighted by Gasteiger charge is -2.05. The zero-order chi connectivity index (χ0) is 13.4. The molecule has 0 N–H and O–H groups in total. The molecule has 3 aromatic rings. The van der Waals surface area contributed by atoms with Gasteiger partial charge in [-0.1, -0.05) is 40.2 Å². The van der Waals surface area contributed by atoms with E-state index >= 15 is 0 Å². The third-order valence-electron chi connectivity index (χ3n) is 2.86. The van der Waals surface area contributed by atoms with Crippen LogP contribution in [0.4, 0.5) is 0 Å². The summed E-state index contributed by atoms with van der Waals surface area (Å²) < 4.78 is 7.35. The van der Waals surface area contributed by atoms with Crippen LogP contribution in [-0.4, -0.2) is 0 Å². The lowest BCUT2D eigenvalue weighted by atomic mass is 10.1. The zero-order valence-electron chi connectivity index (χ0n) is 9.69. The van der Waals surface area contributed by atoms with E-state index in [1.807, 2.05) is 42.5 Å². The third kappa shape index (κ3) is 2.47. The lowest BCUT2D eigenvalue weighted by Crippen LogP contribution is -2.03. The van der Waals surface area contributed by atoms with Crippen LogP contribution in [0.3, 0.4) is 0 Å². The van der Waals surface area contributed by atoms with Gasteiger partial charge in [-0.25, -0.2) is 4.79 Å². The maximum Gasteiger partial charge on any atom is 0.344 e. The molecule has 0 spiro atoms. The molecule has 0 fully saturated rings. The highest BCUT2D eigenvalue weighted by atomic mass is 127. The SMILES string of the molecule is O=c1oc2ccccc2cc1-c1ccc(I)cc1Br. The number of fused-ring (bicyclic) bond motifs is 1. The van der Waals surface area contributed by atoms with Gasteiger partial charge < -0.3 is 4.42 Å². The highest BCUT2D eigenvalue weighted by molar-refractivity contribution is 14.1. The molecule has 0 aliphatic carbocycles. The van der Waals surface area contributed by atoms with Crippen molar-refractivity contribution in [1.29, 1.82) is 0 Å². The quantitative estimate of drug-likeness (QED) is 0.412. The van der Waals surface area contributed by atoms with Crippen LogP contribution in [0.25, 0.3) is 22.1 Å². The molecule has 1 aromatic heterocycles. The Kier molecular flexibility index (Phi) is 3.45. The highest BCUT2D eigenvalue weighted by Gasteiger charge is 2.10. The van der Waals surface area contributed by atoms with Crippen LogP contribution in [0, 0.1) is 3.57 Å². The third-order valence-corrected chi connectivity index (χ3v) is 4.19. The molecular weight excluding hydrogens is 419 g/mol. The standard InChI is InChI=1S/C15H8BrIO2/c16-13-8-10(17)5-6-11(13)12-7-9-3-1-2-4-14(9)19-15(12)18/h1-8H. The van der Waals surface area contributed by atoms with Gasteiger partial charge >= 0.3 is 5.63 Å². The minimum atomic E-state index is -0.319. The van der Waals surface area contributed by atoms with Crippen molar-refractivity contribution in [2.75, 3.05) is 0 Å². The van der Waals surface area contributed by atoms with E-state index in [2.05, 4.69) is 38.5 Å². The van der Waals surface area contributed by atoms with Crippen LogP contribution in [0.1, 0.15) is 0 Å². The monoisotopic (exact) mass is 426 g/mol. The molecule has 0 amide bonds. The van der Waals surface area contributed by atoms with Gasteiger partial charge in [0.1, 0.15) is 5.58 Å². The minimum Gasteiger partial charge on any atom is -0.422 e. The molecule has 0 aliphatic heterocycles. The van der Waals surface area contributed by atoms with Gasteiger partial charge in [-0.2, -0.15) is 0 Å². The Hall–Kier alpha value is -1.14. The van der Waals surface area contributed by atoms with Crippen LogP contribution in [0.2, 0.25) is 0 Å². The molecular formula is C15H8BrIO2. The van der Waals surface area contributed by atoms with Crippen molar-refractivity contribution in [3.05, 3.63) is 67.0 Å². The predicted molar refractivity (Wildman–Crippen MR) is 88.3 cm³/mol. The molecule has 0 radical (unpaired) electrons. The molecule has 0 saturated heterocycles. The van der Waals surface area contributed by atoms with Crippen molar-refractivity contribution in [2.45, 2.75) is 0 Å². The summed E-state index contributed by atoms with van der Waals surface area (Å²) in [6, 6.07) is 15.2. The summed E-state index contributed by atoms with van der Waals surface area (Å²) >= 11 is 5.73.